The molecule has 102 valence electrons. The highest BCUT2D eigenvalue weighted by atomic mass is 16.3. The van der Waals surface area contributed by atoms with Gasteiger partial charge < -0.3 is 15.3 Å². The minimum atomic E-state index is -0.220. The summed E-state index contributed by atoms with van der Waals surface area (Å²) in [6.45, 7) is 9.00. The number of amides is 1. The van der Waals surface area contributed by atoms with Gasteiger partial charge >= 0.3 is 0 Å². The van der Waals surface area contributed by atoms with Crippen molar-refractivity contribution >= 4 is 6.41 Å². The number of carbonyl (C=O) groups is 1. The second-order valence-corrected chi connectivity index (χ2v) is 4.86. The van der Waals surface area contributed by atoms with Crippen LogP contribution in [0.5, 0.6) is 0 Å². The van der Waals surface area contributed by atoms with Crippen LogP contribution in [0.25, 0.3) is 0 Å². The third-order valence-electron chi connectivity index (χ3n) is 3.15. The summed E-state index contributed by atoms with van der Waals surface area (Å²) in [5.41, 5.74) is -0.220. The lowest BCUT2D eigenvalue weighted by molar-refractivity contribution is -0.110. The molecule has 1 heterocycles. The first-order valence-electron chi connectivity index (χ1n) is 6.62. The van der Waals surface area contributed by atoms with E-state index in [0.29, 0.717) is 6.41 Å². The second-order valence-electron chi connectivity index (χ2n) is 4.86. The zero-order valence-electron chi connectivity index (χ0n) is 11.7. The average molecular weight is 244 g/mol. The largest absolute Gasteiger partial charge is 0.394 e. The smallest absolute Gasteiger partial charge is 0.207 e. The fourth-order valence-electron chi connectivity index (χ4n) is 1.78. The van der Waals surface area contributed by atoms with E-state index in [1.165, 1.54) is 19.5 Å². The normalized spacial score (nSPS) is 24.9. The summed E-state index contributed by atoms with van der Waals surface area (Å²) in [6, 6.07) is 0. The van der Waals surface area contributed by atoms with Crippen LogP contribution in [0.3, 0.4) is 0 Å². The standard InChI is InChI=1S/C6H13N.C5H9NO2.C2H6/c1-6-3-4-7(2)5-6;7-3-5(1-2-5)6-4-8;1-2/h6H,3-5H2,1-2H3;4,7H,1-3H2,(H,6,8);1-2H3. The zero-order chi connectivity index (χ0) is 13.3. The van der Waals surface area contributed by atoms with Gasteiger partial charge in [0, 0.05) is 6.54 Å². The molecule has 1 unspecified atom stereocenters. The summed E-state index contributed by atoms with van der Waals surface area (Å²) in [4.78, 5) is 12.2. The van der Waals surface area contributed by atoms with E-state index >= 15 is 0 Å². The molecular weight excluding hydrogens is 216 g/mol. The average Bonchev–Trinajstić information content (AvgIpc) is 3.02. The van der Waals surface area contributed by atoms with E-state index in [2.05, 4.69) is 24.2 Å². The molecule has 2 rings (SSSR count). The van der Waals surface area contributed by atoms with Gasteiger partial charge in [0.05, 0.1) is 12.1 Å². The Bertz CT molecular complexity index is 198. The van der Waals surface area contributed by atoms with Crippen LogP contribution in [-0.2, 0) is 4.79 Å². The van der Waals surface area contributed by atoms with Crippen LogP contribution in [0.15, 0.2) is 0 Å². The van der Waals surface area contributed by atoms with Crippen molar-refractivity contribution < 1.29 is 9.90 Å². The van der Waals surface area contributed by atoms with Crippen molar-refractivity contribution in [2.45, 2.75) is 45.6 Å². The SMILES string of the molecule is CC.CC1CCN(C)C1.O=CNC1(CO)CC1. The van der Waals surface area contributed by atoms with Crippen molar-refractivity contribution in [3.63, 3.8) is 0 Å². The van der Waals surface area contributed by atoms with Gasteiger partial charge in [-0.2, -0.15) is 0 Å². The predicted molar refractivity (Wildman–Crippen MR) is 70.9 cm³/mol. The molecule has 4 heteroatoms. The molecule has 1 amide bonds. The van der Waals surface area contributed by atoms with Crippen LogP contribution in [0, 0.1) is 5.92 Å². The summed E-state index contributed by atoms with van der Waals surface area (Å²) in [5.74, 6) is 0.949. The number of rotatable bonds is 3. The molecule has 2 N–H and O–H groups in total. The van der Waals surface area contributed by atoms with E-state index in [-0.39, 0.29) is 12.1 Å². The minimum absolute atomic E-state index is 0.0751. The van der Waals surface area contributed by atoms with E-state index in [1.54, 1.807) is 0 Å². The fourth-order valence-corrected chi connectivity index (χ4v) is 1.78. The van der Waals surface area contributed by atoms with Gasteiger partial charge in [-0.25, -0.2) is 0 Å². The molecular formula is C13H28N2O2. The van der Waals surface area contributed by atoms with Gasteiger partial charge in [0.15, 0.2) is 0 Å². The lowest BCUT2D eigenvalue weighted by Gasteiger charge is -2.07. The topological polar surface area (TPSA) is 52.6 Å². The van der Waals surface area contributed by atoms with Crippen LogP contribution < -0.4 is 5.32 Å². The van der Waals surface area contributed by atoms with E-state index in [9.17, 15) is 4.79 Å². The molecule has 1 aliphatic heterocycles. The van der Waals surface area contributed by atoms with Gasteiger partial charge in [-0.15, -0.1) is 0 Å². The summed E-state index contributed by atoms with van der Waals surface area (Å²) in [7, 11) is 2.18. The Hall–Kier alpha value is -0.610. The van der Waals surface area contributed by atoms with E-state index in [4.69, 9.17) is 5.11 Å². The summed E-state index contributed by atoms with van der Waals surface area (Å²) in [5, 5.41) is 11.1. The maximum atomic E-state index is 9.80. The molecule has 1 aliphatic carbocycles. The number of hydrogen-bond donors (Lipinski definition) is 2. The molecule has 2 aliphatic rings. The Labute approximate surface area is 105 Å². The molecule has 0 aromatic rings. The Balaban J connectivity index is 0.000000265. The predicted octanol–water partition coefficient (Wildman–Crippen LogP) is 1.24. The molecule has 1 saturated carbocycles. The molecule has 0 bridgehead atoms. The van der Waals surface area contributed by atoms with Crippen molar-refractivity contribution in [1.29, 1.82) is 0 Å². The Kier molecular flexibility index (Phi) is 8.17. The molecule has 4 nitrogen and oxygen atoms in total. The lowest BCUT2D eigenvalue weighted by Crippen LogP contribution is -2.33. The number of aliphatic hydroxyl groups is 1. The van der Waals surface area contributed by atoms with E-state index in [1.807, 2.05) is 13.8 Å². The molecule has 0 aromatic carbocycles. The first kappa shape index (κ1) is 16.4. The maximum absolute atomic E-state index is 9.80. The fraction of sp³-hybridized carbons (Fsp3) is 0.923. The number of hydrogen-bond acceptors (Lipinski definition) is 3. The Morgan fingerprint density at radius 1 is 1.47 bits per heavy atom. The molecule has 17 heavy (non-hydrogen) atoms. The maximum Gasteiger partial charge on any atom is 0.207 e. The number of nitrogens with zero attached hydrogens (tertiary/aromatic N) is 1. The summed E-state index contributed by atoms with van der Waals surface area (Å²) in [6.07, 6.45) is 3.88. The third-order valence-corrected chi connectivity index (χ3v) is 3.15. The number of likely N-dealkylation sites (tertiary alicyclic amines) is 1. The van der Waals surface area contributed by atoms with Crippen molar-refractivity contribution in [2.24, 2.45) is 5.92 Å². The molecule has 2 fully saturated rings. The second kappa shape index (κ2) is 8.48. The van der Waals surface area contributed by atoms with Crippen molar-refractivity contribution in [1.82, 2.24) is 10.2 Å². The van der Waals surface area contributed by atoms with Crippen LogP contribution in [0.2, 0.25) is 0 Å². The van der Waals surface area contributed by atoms with Gasteiger partial charge in [-0.1, -0.05) is 20.8 Å². The Morgan fingerprint density at radius 2 is 2.06 bits per heavy atom. The van der Waals surface area contributed by atoms with Crippen LogP contribution in [0.1, 0.15) is 40.0 Å². The highest BCUT2D eigenvalue weighted by Gasteiger charge is 2.41. The molecule has 0 aromatic heterocycles. The molecule has 1 saturated heterocycles. The van der Waals surface area contributed by atoms with Crippen LogP contribution in [0.4, 0.5) is 0 Å². The number of carbonyl (C=O) groups excluding carboxylic acids is 1. The van der Waals surface area contributed by atoms with Crippen molar-refractivity contribution in [3.05, 3.63) is 0 Å². The van der Waals surface area contributed by atoms with E-state index < -0.39 is 0 Å². The Morgan fingerprint density at radius 3 is 2.18 bits per heavy atom. The zero-order valence-corrected chi connectivity index (χ0v) is 11.7. The minimum Gasteiger partial charge on any atom is -0.394 e. The van der Waals surface area contributed by atoms with Gasteiger partial charge in [-0.05, 0) is 38.8 Å². The first-order valence-corrected chi connectivity index (χ1v) is 6.62. The lowest BCUT2D eigenvalue weighted by atomic mass is 10.2. The number of aliphatic hydroxyl groups excluding tert-OH is 1. The highest BCUT2D eigenvalue weighted by Crippen LogP contribution is 2.33. The first-order chi connectivity index (χ1) is 8.12. The highest BCUT2D eigenvalue weighted by molar-refractivity contribution is 5.49. The van der Waals surface area contributed by atoms with Gasteiger partial charge in [0.1, 0.15) is 0 Å². The van der Waals surface area contributed by atoms with E-state index in [0.717, 1.165) is 18.8 Å². The molecule has 1 atom stereocenters. The third kappa shape index (κ3) is 6.64. The monoisotopic (exact) mass is 244 g/mol. The van der Waals surface area contributed by atoms with Gasteiger partial charge in [-0.3, -0.25) is 4.79 Å². The van der Waals surface area contributed by atoms with Gasteiger partial charge in [0.25, 0.3) is 0 Å². The quantitative estimate of drug-likeness (QED) is 0.735. The summed E-state index contributed by atoms with van der Waals surface area (Å²) >= 11 is 0. The van der Waals surface area contributed by atoms with Crippen LogP contribution in [-0.4, -0.2) is 48.7 Å². The molecule has 0 spiro atoms. The van der Waals surface area contributed by atoms with Crippen LogP contribution >= 0.6 is 0 Å². The van der Waals surface area contributed by atoms with Crippen molar-refractivity contribution in [2.75, 3.05) is 26.7 Å². The van der Waals surface area contributed by atoms with Gasteiger partial charge in [0.2, 0.25) is 6.41 Å². The summed E-state index contributed by atoms with van der Waals surface area (Å²) < 4.78 is 0. The molecule has 0 radical (unpaired) electrons. The number of nitrogens with one attached hydrogen (secondary N) is 1. The van der Waals surface area contributed by atoms with Crippen molar-refractivity contribution in [3.8, 4) is 0 Å².